The van der Waals surface area contributed by atoms with Crippen LogP contribution in [0.15, 0.2) is 18.2 Å². The van der Waals surface area contributed by atoms with Gasteiger partial charge in [-0.15, -0.1) is 0 Å². The molecule has 20 heavy (non-hydrogen) atoms. The molecule has 1 aliphatic rings. The third-order valence-electron chi connectivity index (χ3n) is 3.74. The van der Waals surface area contributed by atoms with Gasteiger partial charge in [0.05, 0.1) is 5.56 Å². The van der Waals surface area contributed by atoms with Crippen LogP contribution in [0.5, 0.6) is 0 Å². The number of halogens is 3. The fraction of sp³-hybridized carbons (Fsp3) is 0.571. The number of nitrogens with two attached hydrogens (primary N) is 1. The van der Waals surface area contributed by atoms with E-state index in [0.717, 1.165) is 18.2 Å². The van der Waals surface area contributed by atoms with Crippen molar-refractivity contribution >= 4 is 0 Å². The molecule has 2 N–H and O–H groups in total. The lowest BCUT2D eigenvalue weighted by Gasteiger charge is -2.25. The molecular weight excluding hydrogens is 267 g/mol. The standard InChI is InChI=1S/C14H20F3N3/c1-19(2)6-7-20-9-11-10(13(20)8-18)4-3-5-12(11)14(15,16)17/h3-5,13H,6-9,18H2,1-2H3. The minimum atomic E-state index is -4.30. The number of likely N-dealkylation sites (N-methyl/N-ethyl adjacent to an activating group) is 1. The molecule has 0 bridgehead atoms. The van der Waals surface area contributed by atoms with Gasteiger partial charge in [-0.25, -0.2) is 0 Å². The molecule has 0 fully saturated rings. The average molecular weight is 287 g/mol. The quantitative estimate of drug-likeness (QED) is 0.920. The Hall–Kier alpha value is -1.11. The van der Waals surface area contributed by atoms with Crippen molar-refractivity contribution in [2.45, 2.75) is 18.8 Å². The molecule has 6 heteroatoms. The maximum Gasteiger partial charge on any atom is 0.416 e. The van der Waals surface area contributed by atoms with Crippen LogP contribution in [0.1, 0.15) is 22.7 Å². The Labute approximate surface area is 117 Å². The van der Waals surface area contributed by atoms with E-state index in [1.54, 1.807) is 6.07 Å². The minimum Gasteiger partial charge on any atom is -0.329 e. The van der Waals surface area contributed by atoms with Crippen LogP contribution in [0.2, 0.25) is 0 Å². The molecule has 1 atom stereocenters. The van der Waals surface area contributed by atoms with Crippen molar-refractivity contribution in [2.24, 2.45) is 5.73 Å². The third-order valence-corrected chi connectivity index (χ3v) is 3.74. The predicted octanol–water partition coefficient (Wildman–Crippen LogP) is 2.08. The van der Waals surface area contributed by atoms with Gasteiger partial charge in [0.25, 0.3) is 0 Å². The summed E-state index contributed by atoms with van der Waals surface area (Å²) in [6.07, 6.45) is -4.30. The Bertz CT molecular complexity index is 471. The number of rotatable bonds is 4. The monoisotopic (exact) mass is 287 g/mol. The van der Waals surface area contributed by atoms with E-state index in [0.29, 0.717) is 25.2 Å². The molecule has 112 valence electrons. The van der Waals surface area contributed by atoms with Gasteiger partial charge in [0, 0.05) is 32.2 Å². The van der Waals surface area contributed by atoms with Crippen LogP contribution < -0.4 is 5.73 Å². The highest BCUT2D eigenvalue weighted by Crippen LogP contribution is 2.40. The molecule has 0 amide bonds. The van der Waals surface area contributed by atoms with E-state index in [1.807, 2.05) is 23.9 Å². The second kappa shape index (κ2) is 5.71. The summed E-state index contributed by atoms with van der Waals surface area (Å²) in [7, 11) is 3.89. The number of nitrogens with zero attached hydrogens (tertiary/aromatic N) is 2. The van der Waals surface area contributed by atoms with E-state index in [9.17, 15) is 13.2 Å². The molecule has 0 radical (unpaired) electrons. The molecule has 0 spiro atoms. The van der Waals surface area contributed by atoms with Crippen LogP contribution in [0.25, 0.3) is 0 Å². The summed E-state index contributed by atoms with van der Waals surface area (Å²) >= 11 is 0. The lowest BCUT2D eigenvalue weighted by Crippen LogP contribution is -2.33. The molecule has 1 aromatic rings. The highest BCUT2D eigenvalue weighted by molar-refractivity contribution is 5.42. The molecule has 0 aliphatic carbocycles. The minimum absolute atomic E-state index is 0.118. The van der Waals surface area contributed by atoms with Crippen LogP contribution in [-0.4, -0.2) is 43.5 Å². The summed E-state index contributed by atoms with van der Waals surface area (Å²) in [4.78, 5) is 4.04. The molecular formula is C14H20F3N3. The van der Waals surface area contributed by atoms with Crippen molar-refractivity contribution in [3.05, 3.63) is 34.9 Å². The molecule has 3 nitrogen and oxygen atoms in total. The first-order chi connectivity index (χ1) is 9.34. The van der Waals surface area contributed by atoms with E-state index in [-0.39, 0.29) is 6.04 Å². The van der Waals surface area contributed by atoms with E-state index in [2.05, 4.69) is 0 Å². The van der Waals surface area contributed by atoms with Gasteiger partial charge in [-0.2, -0.15) is 13.2 Å². The summed E-state index contributed by atoms with van der Waals surface area (Å²) < 4.78 is 39.2. The van der Waals surface area contributed by atoms with E-state index in [1.165, 1.54) is 6.07 Å². The lowest BCUT2D eigenvalue weighted by atomic mass is 9.99. The topological polar surface area (TPSA) is 32.5 Å². The Balaban J connectivity index is 2.30. The summed E-state index contributed by atoms with van der Waals surface area (Å²) in [5.74, 6) is 0. The summed E-state index contributed by atoms with van der Waals surface area (Å²) in [5, 5.41) is 0. The maximum atomic E-state index is 13.1. The Morgan fingerprint density at radius 3 is 2.60 bits per heavy atom. The van der Waals surface area contributed by atoms with Crippen LogP contribution in [0, 0.1) is 0 Å². The van der Waals surface area contributed by atoms with Crippen LogP contribution >= 0.6 is 0 Å². The Morgan fingerprint density at radius 1 is 1.35 bits per heavy atom. The molecule has 1 aromatic carbocycles. The van der Waals surface area contributed by atoms with E-state index < -0.39 is 11.7 Å². The second-order valence-electron chi connectivity index (χ2n) is 5.40. The second-order valence-corrected chi connectivity index (χ2v) is 5.40. The van der Waals surface area contributed by atoms with Gasteiger partial charge in [-0.05, 0) is 31.3 Å². The Kier molecular flexibility index (Phi) is 4.36. The van der Waals surface area contributed by atoms with Crippen molar-refractivity contribution in [3.63, 3.8) is 0 Å². The highest BCUT2D eigenvalue weighted by atomic mass is 19.4. The maximum absolute atomic E-state index is 13.1. The first-order valence-corrected chi connectivity index (χ1v) is 6.62. The molecule has 1 aliphatic heterocycles. The summed E-state index contributed by atoms with van der Waals surface area (Å²) in [5.41, 5.74) is 6.35. The largest absolute Gasteiger partial charge is 0.416 e. The van der Waals surface area contributed by atoms with Gasteiger partial charge >= 0.3 is 6.18 Å². The normalized spacial score (nSPS) is 19.6. The third kappa shape index (κ3) is 2.97. The number of hydrogen-bond donors (Lipinski definition) is 1. The van der Waals surface area contributed by atoms with Crippen LogP contribution in [0.4, 0.5) is 13.2 Å². The zero-order valence-corrected chi connectivity index (χ0v) is 11.7. The van der Waals surface area contributed by atoms with Crippen molar-refractivity contribution in [1.29, 1.82) is 0 Å². The molecule has 0 aromatic heterocycles. The van der Waals surface area contributed by atoms with Crippen LogP contribution in [-0.2, 0) is 12.7 Å². The number of alkyl halides is 3. The van der Waals surface area contributed by atoms with Crippen molar-refractivity contribution < 1.29 is 13.2 Å². The summed E-state index contributed by atoms with van der Waals surface area (Å²) in [6, 6.07) is 4.27. The van der Waals surface area contributed by atoms with Crippen molar-refractivity contribution in [1.82, 2.24) is 9.80 Å². The van der Waals surface area contributed by atoms with Crippen molar-refractivity contribution in [2.75, 3.05) is 33.7 Å². The van der Waals surface area contributed by atoms with Gasteiger partial charge < -0.3 is 10.6 Å². The predicted molar refractivity (Wildman–Crippen MR) is 72.2 cm³/mol. The highest BCUT2D eigenvalue weighted by Gasteiger charge is 2.39. The van der Waals surface area contributed by atoms with Crippen molar-refractivity contribution in [3.8, 4) is 0 Å². The first kappa shape index (κ1) is 15.3. The van der Waals surface area contributed by atoms with Crippen LogP contribution in [0.3, 0.4) is 0 Å². The van der Waals surface area contributed by atoms with Gasteiger partial charge in [0.2, 0.25) is 0 Å². The summed E-state index contributed by atoms with van der Waals surface area (Å²) in [6.45, 7) is 2.16. The van der Waals surface area contributed by atoms with Gasteiger partial charge in [0.15, 0.2) is 0 Å². The zero-order chi connectivity index (χ0) is 14.9. The molecule has 0 saturated carbocycles. The molecule has 0 saturated heterocycles. The fourth-order valence-corrected chi connectivity index (χ4v) is 2.71. The Morgan fingerprint density at radius 2 is 2.05 bits per heavy atom. The number of benzene rings is 1. The van der Waals surface area contributed by atoms with Gasteiger partial charge in [0.1, 0.15) is 0 Å². The first-order valence-electron chi connectivity index (χ1n) is 6.62. The number of fused-ring (bicyclic) bond motifs is 1. The number of hydrogen-bond acceptors (Lipinski definition) is 3. The zero-order valence-electron chi connectivity index (χ0n) is 11.7. The van der Waals surface area contributed by atoms with Gasteiger partial charge in [-0.1, -0.05) is 12.1 Å². The SMILES string of the molecule is CN(C)CCN1Cc2c(cccc2C(F)(F)F)C1CN. The fourth-order valence-electron chi connectivity index (χ4n) is 2.71. The molecule has 1 heterocycles. The molecule has 1 unspecified atom stereocenters. The van der Waals surface area contributed by atoms with E-state index in [4.69, 9.17) is 5.73 Å². The smallest absolute Gasteiger partial charge is 0.329 e. The van der Waals surface area contributed by atoms with E-state index >= 15 is 0 Å². The molecule has 2 rings (SSSR count). The van der Waals surface area contributed by atoms with Gasteiger partial charge in [-0.3, -0.25) is 4.90 Å². The average Bonchev–Trinajstić information content (AvgIpc) is 2.72. The lowest BCUT2D eigenvalue weighted by molar-refractivity contribution is -0.138.